The van der Waals surface area contributed by atoms with Crippen LogP contribution in [0, 0.1) is 0 Å². The van der Waals surface area contributed by atoms with Gasteiger partial charge in [0.1, 0.15) is 11.5 Å². The minimum atomic E-state index is 0.247. The van der Waals surface area contributed by atoms with Gasteiger partial charge < -0.3 is 4.74 Å². The summed E-state index contributed by atoms with van der Waals surface area (Å²) in [7, 11) is 0. The Labute approximate surface area is 121 Å². The summed E-state index contributed by atoms with van der Waals surface area (Å²) in [4.78, 5) is 13.8. The van der Waals surface area contributed by atoms with Crippen molar-refractivity contribution in [3.63, 3.8) is 0 Å². The average molecular weight is 275 g/mol. The molecule has 1 fully saturated rings. The molecule has 0 bridgehead atoms. The van der Waals surface area contributed by atoms with Crippen molar-refractivity contribution in [3.05, 3.63) is 29.8 Å². The van der Waals surface area contributed by atoms with Crippen LogP contribution >= 0.6 is 0 Å². The van der Waals surface area contributed by atoms with Crippen LogP contribution in [0.4, 0.5) is 0 Å². The van der Waals surface area contributed by atoms with Crippen LogP contribution in [0.2, 0.25) is 0 Å². The first-order valence-corrected chi connectivity index (χ1v) is 7.59. The summed E-state index contributed by atoms with van der Waals surface area (Å²) in [6.45, 7) is 8.12. The molecule has 1 aliphatic heterocycles. The van der Waals surface area contributed by atoms with Crippen molar-refractivity contribution in [3.8, 4) is 5.75 Å². The summed E-state index contributed by atoms with van der Waals surface area (Å²) in [6, 6.07) is 8.66. The largest absolute Gasteiger partial charge is 0.491 e. The number of Topliss-reactive ketones (excluding diaryl/α,β-unsaturated/α-hetero) is 1. The van der Waals surface area contributed by atoms with E-state index >= 15 is 0 Å². The maximum absolute atomic E-state index is 11.4. The van der Waals surface area contributed by atoms with Gasteiger partial charge in [-0.3, -0.25) is 9.69 Å². The monoisotopic (exact) mass is 275 g/mol. The summed E-state index contributed by atoms with van der Waals surface area (Å²) in [5.74, 6) is 1.33. The van der Waals surface area contributed by atoms with Gasteiger partial charge in [-0.05, 0) is 38.0 Å². The fourth-order valence-corrected chi connectivity index (χ4v) is 2.55. The molecule has 3 nitrogen and oxygen atoms in total. The van der Waals surface area contributed by atoms with Gasteiger partial charge in [-0.25, -0.2) is 0 Å². The number of carbonyl (C=O) groups excluding carboxylic acids is 1. The van der Waals surface area contributed by atoms with E-state index in [0.29, 0.717) is 24.7 Å². The van der Waals surface area contributed by atoms with E-state index in [2.05, 4.69) is 37.8 Å². The summed E-state index contributed by atoms with van der Waals surface area (Å²) in [6.07, 6.45) is 2.63. The predicted molar refractivity (Wildman–Crippen MR) is 80.9 cm³/mol. The molecule has 3 heteroatoms. The molecule has 2 rings (SSSR count). The van der Waals surface area contributed by atoms with Crippen LogP contribution in [0.25, 0.3) is 0 Å². The Bertz CT molecular complexity index is 458. The number of hydrogen-bond donors (Lipinski definition) is 0. The first-order valence-electron chi connectivity index (χ1n) is 7.59. The summed E-state index contributed by atoms with van der Waals surface area (Å²) in [5.41, 5.74) is 1.26. The predicted octanol–water partition coefficient (Wildman–Crippen LogP) is 3.42. The molecule has 1 aliphatic rings. The Morgan fingerprint density at radius 1 is 1.45 bits per heavy atom. The molecule has 2 unspecified atom stereocenters. The van der Waals surface area contributed by atoms with E-state index in [1.54, 1.807) is 0 Å². The van der Waals surface area contributed by atoms with Crippen LogP contribution in [-0.2, 0) is 11.3 Å². The second-order valence-corrected chi connectivity index (χ2v) is 5.80. The van der Waals surface area contributed by atoms with Crippen molar-refractivity contribution in [1.82, 2.24) is 4.90 Å². The van der Waals surface area contributed by atoms with E-state index in [0.717, 1.165) is 25.3 Å². The Morgan fingerprint density at radius 3 is 2.95 bits per heavy atom. The maximum atomic E-state index is 11.4. The first kappa shape index (κ1) is 15.0. The number of hydrogen-bond acceptors (Lipinski definition) is 3. The molecule has 1 aromatic carbocycles. The highest BCUT2D eigenvalue weighted by molar-refractivity contribution is 5.79. The van der Waals surface area contributed by atoms with Gasteiger partial charge in [0, 0.05) is 32.0 Å². The van der Waals surface area contributed by atoms with Gasteiger partial charge in [0.15, 0.2) is 0 Å². The lowest BCUT2D eigenvalue weighted by Crippen LogP contribution is -2.40. The molecule has 0 aliphatic carbocycles. The maximum Gasteiger partial charge on any atom is 0.135 e. The van der Waals surface area contributed by atoms with E-state index in [1.165, 1.54) is 5.56 Å². The summed E-state index contributed by atoms with van der Waals surface area (Å²) < 4.78 is 5.86. The van der Waals surface area contributed by atoms with Crippen LogP contribution in [0.3, 0.4) is 0 Å². The fourth-order valence-electron chi connectivity index (χ4n) is 2.55. The van der Waals surface area contributed by atoms with Crippen molar-refractivity contribution in [1.29, 1.82) is 0 Å². The van der Waals surface area contributed by atoms with Crippen LogP contribution in [0.1, 0.15) is 45.6 Å². The number of rotatable bonds is 5. The van der Waals surface area contributed by atoms with Crippen LogP contribution in [0.15, 0.2) is 24.3 Å². The lowest BCUT2D eigenvalue weighted by atomic mass is 10.0. The van der Waals surface area contributed by atoms with Crippen LogP contribution in [-0.4, -0.2) is 29.4 Å². The standard InChI is InChI=1S/C17H25NO2/c1-4-14(3)20-17-7-5-6-15(11-17)12-18-9-8-16(19)10-13(18)2/h5-7,11,13-14H,4,8-10,12H2,1-3H3. The molecule has 0 saturated carbocycles. The Morgan fingerprint density at radius 2 is 2.25 bits per heavy atom. The quantitative estimate of drug-likeness (QED) is 0.824. The number of piperidine rings is 1. The zero-order chi connectivity index (χ0) is 14.5. The molecule has 0 spiro atoms. The second-order valence-electron chi connectivity index (χ2n) is 5.80. The van der Waals surface area contributed by atoms with Crippen molar-refractivity contribution < 1.29 is 9.53 Å². The fraction of sp³-hybridized carbons (Fsp3) is 0.588. The zero-order valence-electron chi connectivity index (χ0n) is 12.8. The van der Waals surface area contributed by atoms with Gasteiger partial charge >= 0.3 is 0 Å². The highest BCUT2D eigenvalue weighted by atomic mass is 16.5. The normalized spacial score (nSPS) is 21.8. The highest BCUT2D eigenvalue weighted by Gasteiger charge is 2.23. The highest BCUT2D eigenvalue weighted by Crippen LogP contribution is 2.20. The average Bonchev–Trinajstić information content (AvgIpc) is 2.42. The van der Waals surface area contributed by atoms with Gasteiger partial charge in [-0.1, -0.05) is 19.1 Å². The minimum Gasteiger partial charge on any atom is -0.491 e. The van der Waals surface area contributed by atoms with E-state index in [9.17, 15) is 4.79 Å². The number of nitrogens with zero attached hydrogens (tertiary/aromatic N) is 1. The molecule has 1 heterocycles. The van der Waals surface area contributed by atoms with Gasteiger partial charge in [-0.2, -0.15) is 0 Å². The molecule has 20 heavy (non-hydrogen) atoms. The molecule has 0 amide bonds. The number of ketones is 1. The SMILES string of the molecule is CCC(C)Oc1cccc(CN2CCC(=O)CC2C)c1. The van der Waals surface area contributed by atoms with E-state index in [4.69, 9.17) is 4.74 Å². The van der Waals surface area contributed by atoms with E-state index < -0.39 is 0 Å². The van der Waals surface area contributed by atoms with E-state index in [-0.39, 0.29) is 6.10 Å². The third-order valence-electron chi connectivity index (χ3n) is 4.02. The Kier molecular flexibility index (Phi) is 5.18. The Hall–Kier alpha value is -1.35. The van der Waals surface area contributed by atoms with Gasteiger partial charge in [0.2, 0.25) is 0 Å². The van der Waals surface area contributed by atoms with Gasteiger partial charge in [0.25, 0.3) is 0 Å². The molecule has 0 aromatic heterocycles. The lowest BCUT2D eigenvalue weighted by molar-refractivity contribution is -0.123. The van der Waals surface area contributed by atoms with Gasteiger partial charge in [0.05, 0.1) is 6.10 Å². The number of carbonyl (C=O) groups is 1. The molecule has 1 saturated heterocycles. The third-order valence-corrected chi connectivity index (χ3v) is 4.02. The summed E-state index contributed by atoms with van der Waals surface area (Å²) >= 11 is 0. The topological polar surface area (TPSA) is 29.5 Å². The molecule has 1 aromatic rings. The molecular formula is C17H25NO2. The lowest BCUT2D eigenvalue weighted by Gasteiger charge is -2.32. The number of benzene rings is 1. The first-order chi connectivity index (χ1) is 9.58. The second kappa shape index (κ2) is 6.89. The zero-order valence-corrected chi connectivity index (χ0v) is 12.8. The summed E-state index contributed by atoms with van der Waals surface area (Å²) in [5, 5.41) is 0. The van der Waals surface area contributed by atoms with Crippen molar-refractivity contribution in [2.24, 2.45) is 0 Å². The third kappa shape index (κ3) is 4.07. The molecular weight excluding hydrogens is 250 g/mol. The Balaban J connectivity index is 1.99. The van der Waals surface area contributed by atoms with Crippen molar-refractivity contribution in [2.75, 3.05) is 6.54 Å². The minimum absolute atomic E-state index is 0.247. The van der Waals surface area contributed by atoms with Crippen molar-refractivity contribution in [2.45, 2.75) is 58.7 Å². The van der Waals surface area contributed by atoms with Crippen molar-refractivity contribution >= 4 is 5.78 Å². The number of ether oxygens (including phenoxy) is 1. The van der Waals surface area contributed by atoms with Crippen LogP contribution < -0.4 is 4.74 Å². The van der Waals surface area contributed by atoms with Gasteiger partial charge in [-0.15, -0.1) is 0 Å². The molecule has 2 atom stereocenters. The molecule has 110 valence electrons. The molecule has 0 N–H and O–H groups in total. The van der Waals surface area contributed by atoms with Crippen LogP contribution in [0.5, 0.6) is 5.75 Å². The van der Waals surface area contributed by atoms with E-state index in [1.807, 2.05) is 12.1 Å². The number of likely N-dealkylation sites (tertiary alicyclic amines) is 1. The smallest absolute Gasteiger partial charge is 0.135 e. The molecule has 0 radical (unpaired) electrons.